The summed E-state index contributed by atoms with van der Waals surface area (Å²) in [5.41, 5.74) is 1.92. The molecule has 1 aromatic carbocycles. The number of aromatic nitrogens is 1. The van der Waals surface area contributed by atoms with Gasteiger partial charge in [0.05, 0.1) is 0 Å². The minimum absolute atomic E-state index is 0.0854. The molecule has 0 unspecified atom stereocenters. The summed E-state index contributed by atoms with van der Waals surface area (Å²) in [6.07, 6.45) is 2.61. The highest BCUT2D eigenvalue weighted by Crippen LogP contribution is 2.25. The van der Waals surface area contributed by atoms with Crippen molar-refractivity contribution < 1.29 is 14.6 Å². The lowest BCUT2D eigenvalue weighted by molar-refractivity contribution is -0.0476. The number of carbonyl (C=O) groups excluding carboxylic acids is 1. The van der Waals surface area contributed by atoms with Crippen LogP contribution in [0.2, 0.25) is 0 Å². The number of likely N-dealkylation sites (tertiary alicyclic amines) is 1. The summed E-state index contributed by atoms with van der Waals surface area (Å²) in [7, 11) is 0. The van der Waals surface area contributed by atoms with E-state index in [-0.39, 0.29) is 12.5 Å². The highest BCUT2D eigenvalue weighted by atomic mass is 16.5. The molecule has 1 fully saturated rings. The average Bonchev–Trinajstić information content (AvgIpc) is 2.64. The molecule has 0 radical (unpaired) electrons. The second kappa shape index (κ2) is 7.23. The fraction of sp³-hybridized carbons (Fsp3) is 0.400. The van der Waals surface area contributed by atoms with Crippen LogP contribution in [0.15, 0.2) is 42.6 Å². The molecule has 1 N–H and O–H groups in total. The van der Waals surface area contributed by atoms with E-state index in [9.17, 15) is 9.90 Å². The maximum atomic E-state index is 12.4. The lowest BCUT2D eigenvalue weighted by atomic mass is 9.92. The smallest absolute Gasteiger partial charge is 0.272 e. The van der Waals surface area contributed by atoms with Crippen molar-refractivity contribution in [1.82, 2.24) is 9.88 Å². The van der Waals surface area contributed by atoms with Crippen molar-refractivity contribution in [2.75, 3.05) is 19.7 Å². The van der Waals surface area contributed by atoms with Crippen molar-refractivity contribution >= 4 is 5.91 Å². The van der Waals surface area contributed by atoms with Crippen LogP contribution < -0.4 is 4.74 Å². The van der Waals surface area contributed by atoms with Crippen LogP contribution >= 0.6 is 0 Å². The molecule has 0 spiro atoms. The molecule has 5 nitrogen and oxygen atoms in total. The second-order valence-corrected chi connectivity index (χ2v) is 6.77. The molecule has 0 saturated carbocycles. The first-order valence-corrected chi connectivity index (χ1v) is 8.60. The normalized spacial score (nSPS) is 16.5. The van der Waals surface area contributed by atoms with Crippen LogP contribution in [0.25, 0.3) is 0 Å². The van der Waals surface area contributed by atoms with Crippen LogP contribution in [0, 0.1) is 13.8 Å². The Kier molecular flexibility index (Phi) is 5.04. The molecule has 25 heavy (non-hydrogen) atoms. The summed E-state index contributed by atoms with van der Waals surface area (Å²) >= 11 is 0. The van der Waals surface area contributed by atoms with Gasteiger partial charge in [0.1, 0.15) is 23.7 Å². The topological polar surface area (TPSA) is 62.7 Å². The largest absolute Gasteiger partial charge is 0.491 e. The number of ether oxygens (including phenoxy) is 1. The van der Waals surface area contributed by atoms with E-state index >= 15 is 0 Å². The summed E-state index contributed by atoms with van der Waals surface area (Å²) < 4.78 is 5.80. The van der Waals surface area contributed by atoms with E-state index < -0.39 is 5.60 Å². The summed E-state index contributed by atoms with van der Waals surface area (Å²) in [6.45, 7) is 5.34. The Balaban J connectivity index is 1.55. The van der Waals surface area contributed by atoms with Crippen molar-refractivity contribution in [2.45, 2.75) is 32.3 Å². The maximum Gasteiger partial charge on any atom is 0.272 e. The Morgan fingerprint density at radius 1 is 1.20 bits per heavy atom. The van der Waals surface area contributed by atoms with Gasteiger partial charge >= 0.3 is 0 Å². The Morgan fingerprint density at radius 2 is 1.96 bits per heavy atom. The van der Waals surface area contributed by atoms with Crippen LogP contribution in [0.1, 0.15) is 34.5 Å². The summed E-state index contributed by atoms with van der Waals surface area (Å²) in [4.78, 5) is 18.3. The maximum absolute atomic E-state index is 12.4. The molecule has 0 bridgehead atoms. The van der Waals surface area contributed by atoms with E-state index in [0.29, 0.717) is 31.6 Å². The number of benzene rings is 1. The summed E-state index contributed by atoms with van der Waals surface area (Å²) in [5, 5.41) is 10.7. The van der Waals surface area contributed by atoms with Gasteiger partial charge in [-0.05, 0) is 62.1 Å². The molecule has 0 aliphatic carbocycles. The van der Waals surface area contributed by atoms with Crippen molar-refractivity contribution in [2.24, 2.45) is 0 Å². The highest BCUT2D eigenvalue weighted by Gasteiger charge is 2.35. The fourth-order valence-corrected chi connectivity index (χ4v) is 2.94. The van der Waals surface area contributed by atoms with Gasteiger partial charge in [-0.1, -0.05) is 12.1 Å². The Morgan fingerprint density at radius 3 is 2.60 bits per heavy atom. The average molecular weight is 340 g/mol. The van der Waals surface area contributed by atoms with Gasteiger partial charge in [-0.25, -0.2) is 0 Å². The van der Waals surface area contributed by atoms with Crippen molar-refractivity contribution in [3.8, 4) is 5.75 Å². The fourth-order valence-electron chi connectivity index (χ4n) is 2.94. The third-order valence-electron chi connectivity index (χ3n) is 4.85. The molecular formula is C20H24N2O3. The lowest BCUT2D eigenvalue weighted by Crippen LogP contribution is -2.49. The summed E-state index contributed by atoms with van der Waals surface area (Å²) in [5.74, 6) is 0.682. The molecule has 0 atom stereocenters. The van der Waals surface area contributed by atoms with Gasteiger partial charge in [0.2, 0.25) is 0 Å². The second-order valence-electron chi connectivity index (χ2n) is 6.77. The van der Waals surface area contributed by atoms with Crippen molar-refractivity contribution in [1.29, 1.82) is 0 Å². The zero-order valence-electron chi connectivity index (χ0n) is 14.7. The molecule has 1 aliphatic heterocycles. The molecule has 5 heteroatoms. The van der Waals surface area contributed by atoms with E-state index in [1.54, 1.807) is 29.3 Å². The van der Waals surface area contributed by atoms with E-state index in [1.165, 1.54) is 11.1 Å². The number of rotatable bonds is 4. The van der Waals surface area contributed by atoms with E-state index in [4.69, 9.17) is 4.74 Å². The van der Waals surface area contributed by atoms with Gasteiger partial charge in [0.25, 0.3) is 5.91 Å². The number of hydrogen-bond donors (Lipinski definition) is 1. The first-order chi connectivity index (χ1) is 12.0. The minimum Gasteiger partial charge on any atom is -0.491 e. The third kappa shape index (κ3) is 4.17. The quantitative estimate of drug-likeness (QED) is 0.930. The number of piperidine rings is 1. The van der Waals surface area contributed by atoms with E-state index in [2.05, 4.69) is 11.9 Å². The van der Waals surface area contributed by atoms with Gasteiger partial charge in [0.15, 0.2) is 0 Å². The summed E-state index contributed by atoms with van der Waals surface area (Å²) in [6, 6.07) is 11.2. The first-order valence-electron chi connectivity index (χ1n) is 8.60. The number of hydrogen-bond acceptors (Lipinski definition) is 4. The molecule has 132 valence electrons. The molecule has 3 rings (SSSR count). The van der Waals surface area contributed by atoms with Gasteiger partial charge in [-0.3, -0.25) is 9.78 Å². The first kappa shape index (κ1) is 17.4. The number of carbonyl (C=O) groups is 1. The number of pyridine rings is 1. The monoisotopic (exact) mass is 340 g/mol. The number of amides is 1. The van der Waals surface area contributed by atoms with Gasteiger partial charge in [-0.15, -0.1) is 0 Å². The Bertz CT molecular complexity index is 738. The number of nitrogens with zero attached hydrogens (tertiary/aromatic N) is 2. The number of aliphatic hydroxyl groups is 1. The molecule has 1 saturated heterocycles. The van der Waals surface area contributed by atoms with Crippen LogP contribution in [0.3, 0.4) is 0 Å². The van der Waals surface area contributed by atoms with E-state index in [1.807, 2.05) is 25.1 Å². The third-order valence-corrected chi connectivity index (χ3v) is 4.85. The van der Waals surface area contributed by atoms with E-state index in [0.717, 1.165) is 5.75 Å². The lowest BCUT2D eigenvalue weighted by Gasteiger charge is -2.37. The Labute approximate surface area is 148 Å². The van der Waals surface area contributed by atoms with Crippen molar-refractivity contribution in [3.63, 3.8) is 0 Å². The van der Waals surface area contributed by atoms with Gasteiger partial charge in [0, 0.05) is 19.3 Å². The predicted octanol–water partition coefficient (Wildman–Crippen LogP) is 2.74. The number of aryl methyl sites for hydroxylation is 2. The standard InChI is InChI=1S/C20H24N2O3/c1-15-6-7-17(13-16(15)2)25-14-20(24)8-11-22(12-9-20)19(23)18-5-3-4-10-21-18/h3-7,10,13,24H,8-9,11-12,14H2,1-2H3. The van der Waals surface area contributed by atoms with Gasteiger partial charge < -0.3 is 14.7 Å². The SMILES string of the molecule is Cc1ccc(OCC2(O)CCN(C(=O)c3ccccn3)CC2)cc1C. The molecular weight excluding hydrogens is 316 g/mol. The van der Waals surface area contributed by atoms with Crippen molar-refractivity contribution in [3.05, 3.63) is 59.4 Å². The molecule has 1 aliphatic rings. The minimum atomic E-state index is -0.903. The van der Waals surface area contributed by atoms with Crippen LogP contribution in [0.5, 0.6) is 5.75 Å². The zero-order chi connectivity index (χ0) is 17.9. The zero-order valence-corrected chi connectivity index (χ0v) is 14.7. The molecule has 2 heterocycles. The van der Waals surface area contributed by atoms with Crippen LogP contribution in [0.4, 0.5) is 0 Å². The van der Waals surface area contributed by atoms with Gasteiger partial charge in [-0.2, -0.15) is 0 Å². The Hall–Kier alpha value is -2.40. The van der Waals surface area contributed by atoms with Crippen LogP contribution in [-0.2, 0) is 0 Å². The highest BCUT2D eigenvalue weighted by molar-refractivity contribution is 5.92. The predicted molar refractivity (Wildman–Crippen MR) is 95.7 cm³/mol. The van der Waals surface area contributed by atoms with Crippen LogP contribution in [-0.4, -0.2) is 46.2 Å². The molecule has 2 aromatic rings. The molecule has 1 aromatic heterocycles. The molecule has 1 amide bonds.